The van der Waals surface area contributed by atoms with Crippen molar-refractivity contribution in [3.8, 4) is 11.5 Å². The molecule has 1 aliphatic rings. The van der Waals surface area contributed by atoms with Gasteiger partial charge >= 0.3 is 0 Å². The van der Waals surface area contributed by atoms with Crippen LogP contribution in [-0.4, -0.2) is 42.0 Å². The van der Waals surface area contributed by atoms with Crippen LogP contribution in [0.4, 0.5) is 0 Å². The standard InChI is InChI=1S/C23H24ClNO5/c1-4-12-25-20(15-8-11-17(29-3)18(13-15)30-5-2)19(22(27)23(25)28)21(26)14-6-9-16(24)10-7-14/h6-11,13,20,26H,4-5,12H2,1-3H3/b21-19-. The smallest absolute Gasteiger partial charge is 0.295 e. The molecule has 1 unspecified atom stereocenters. The van der Waals surface area contributed by atoms with Gasteiger partial charge in [-0.25, -0.2) is 0 Å². The first kappa shape index (κ1) is 21.7. The van der Waals surface area contributed by atoms with Crippen molar-refractivity contribution in [3.63, 3.8) is 0 Å². The van der Waals surface area contributed by atoms with Crippen LogP contribution >= 0.6 is 11.6 Å². The molecule has 0 saturated carbocycles. The van der Waals surface area contributed by atoms with Crippen molar-refractivity contribution < 1.29 is 24.2 Å². The van der Waals surface area contributed by atoms with Gasteiger partial charge in [-0.1, -0.05) is 24.6 Å². The van der Waals surface area contributed by atoms with E-state index < -0.39 is 17.7 Å². The van der Waals surface area contributed by atoms with Crippen LogP contribution in [-0.2, 0) is 9.59 Å². The zero-order chi connectivity index (χ0) is 21.8. The summed E-state index contributed by atoms with van der Waals surface area (Å²) in [5.41, 5.74) is 1.11. The lowest BCUT2D eigenvalue weighted by atomic mass is 9.95. The average Bonchev–Trinajstić information content (AvgIpc) is 2.99. The van der Waals surface area contributed by atoms with E-state index in [0.29, 0.717) is 47.2 Å². The predicted octanol–water partition coefficient (Wildman–Crippen LogP) is 4.58. The third-order valence-electron chi connectivity index (χ3n) is 4.93. The van der Waals surface area contributed by atoms with Crippen molar-refractivity contribution in [2.75, 3.05) is 20.3 Å². The maximum absolute atomic E-state index is 12.9. The summed E-state index contributed by atoms with van der Waals surface area (Å²) in [5, 5.41) is 11.5. The SMILES string of the molecule is CCCN1C(=O)C(=O)/C(=C(\O)c2ccc(Cl)cc2)C1c1ccc(OC)c(OCC)c1. The number of ether oxygens (including phenoxy) is 2. The van der Waals surface area contributed by atoms with Crippen LogP contribution in [0.3, 0.4) is 0 Å². The van der Waals surface area contributed by atoms with E-state index in [1.165, 1.54) is 4.90 Å². The normalized spacial score (nSPS) is 18.0. The van der Waals surface area contributed by atoms with Crippen molar-refractivity contribution in [1.29, 1.82) is 0 Å². The van der Waals surface area contributed by atoms with Gasteiger partial charge in [0.05, 0.1) is 25.3 Å². The second kappa shape index (κ2) is 9.22. The van der Waals surface area contributed by atoms with E-state index in [9.17, 15) is 14.7 Å². The number of hydrogen-bond acceptors (Lipinski definition) is 5. The van der Waals surface area contributed by atoms with E-state index in [2.05, 4.69) is 0 Å². The minimum absolute atomic E-state index is 0.0448. The first-order valence-corrected chi connectivity index (χ1v) is 10.2. The summed E-state index contributed by atoms with van der Waals surface area (Å²) in [5.74, 6) is -0.528. The summed E-state index contributed by atoms with van der Waals surface area (Å²) in [7, 11) is 1.54. The Morgan fingerprint density at radius 2 is 1.80 bits per heavy atom. The van der Waals surface area contributed by atoms with Gasteiger partial charge in [-0.2, -0.15) is 0 Å². The number of hydrogen-bond donors (Lipinski definition) is 1. The maximum Gasteiger partial charge on any atom is 0.295 e. The minimum Gasteiger partial charge on any atom is -0.507 e. The minimum atomic E-state index is -0.731. The number of carbonyl (C=O) groups excluding carboxylic acids is 2. The number of Topliss-reactive ketones (excluding diaryl/α,β-unsaturated/α-hetero) is 1. The number of likely N-dealkylation sites (tertiary alicyclic amines) is 1. The fourth-order valence-electron chi connectivity index (χ4n) is 3.59. The Morgan fingerprint density at radius 1 is 1.10 bits per heavy atom. The van der Waals surface area contributed by atoms with E-state index >= 15 is 0 Å². The predicted molar refractivity (Wildman–Crippen MR) is 115 cm³/mol. The number of carbonyl (C=O) groups is 2. The monoisotopic (exact) mass is 429 g/mol. The van der Waals surface area contributed by atoms with Crippen LogP contribution in [0.25, 0.3) is 5.76 Å². The lowest BCUT2D eigenvalue weighted by Gasteiger charge is -2.25. The highest BCUT2D eigenvalue weighted by molar-refractivity contribution is 6.46. The number of aliphatic hydroxyl groups is 1. The molecule has 158 valence electrons. The topological polar surface area (TPSA) is 76.1 Å². The molecule has 0 bridgehead atoms. The Morgan fingerprint density at radius 3 is 2.40 bits per heavy atom. The second-order valence-electron chi connectivity index (χ2n) is 6.84. The molecule has 3 rings (SSSR count). The summed E-state index contributed by atoms with van der Waals surface area (Å²) in [4.78, 5) is 27.2. The van der Waals surface area contributed by atoms with Crippen LogP contribution < -0.4 is 9.47 Å². The molecule has 0 aromatic heterocycles. The molecule has 1 atom stereocenters. The fraction of sp³-hybridized carbons (Fsp3) is 0.304. The zero-order valence-corrected chi connectivity index (χ0v) is 17.9. The second-order valence-corrected chi connectivity index (χ2v) is 7.28. The van der Waals surface area contributed by atoms with Crippen LogP contribution in [0.2, 0.25) is 5.02 Å². The summed E-state index contributed by atoms with van der Waals surface area (Å²) in [6.45, 7) is 4.59. The van der Waals surface area contributed by atoms with Crippen molar-refractivity contribution >= 4 is 29.1 Å². The summed E-state index contributed by atoms with van der Waals surface area (Å²) >= 11 is 5.94. The third-order valence-corrected chi connectivity index (χ3v) is 5.18. The molecular formula is C23H24ClNO5. The summed E-state index contributed by atoms with van der Waals surface area (Å²) in [6, 6.07) is 11.0. The molecule has 0 aliphatic carbocycles. The third kappa shape index (κ3) is 4.00. The quantitative estimate of drug-likeness (QED) is 0.396. The van der Waals surface area contributed by atoms with Crippen molar-refractivity contribution in [1.82, 2.24) is 4.90 Å². The molecule has 1 heterocycles. The van der Waals surface area contributed by atoms with Gasteiger partial charge < -0.3 is 19.5 Å². The molecule has 2 aromatic carbocycles. The number of rotatable bonds is 7. The highest BCUT2D eigenvalue weighted by Crippen LogP contribution is 2.42. The molecule has 6 nitrogen and oxygen atoms in total. The van der Waals surface area contributed by atoms with Crippen LogP contribution in [0.5, 0.6) is 11.5 Å². The van der Waals surface area contributed by atoms with E-state index in [1.54, 1.807) is 49.6 Å². The Kier molecular flexibility index (Phi) is 6.67. The van der Waals surface area contributed by atoms with E-state index in [-0.39, 0.29) is 11.3 Å². The Hall–Kier alpha value is -2.99. The number of nitrogens with zero attached hydrogens (tertiary/aromatic N) is 1. The average molecular weight is 430 g/mol. The first-order chi connectivity index (χ1) is 14.4. The fourth-order valence-corrected chi connectivity index (χ4v) is 3.72. The van der Waals surface area contributed by atoms with Crippen molar-refractivity contribution in [2.45, 2.75) is 26.3 Å². The Labute approximate surface area is 180 Å². The number of aliphatic hydroxyl groups excluding tert-OH is 1. The number of halogens is 1. The number of amides is 1. The highest BCUT2D eigenvalue weighted by Gasteiger charge is 2.45. The van der Waals surface area contributed by atoms with Gasteiger partial charge in [0, 0.05) is 17.1 Å². The van der Waals surface area contributed by atoms with Crippen LogP contribution in [0, 0.1) is 0 Å². The van der Waals surface area contributed by atoms with E-state index in [4.69, 9.17) is 21.1 Å². The van der Waals surface area contributed by atoms with Gasteiger partial charge in [-0.15, -0.1) is 0 Å². The van der Waals surface area contributed by atoms with E-state index in [0.717, 1.165) is 0 Å². The summed E-state index contributed by atoms with van der Waals surface area (Å²) < 4.78 is 11.0. The maximum atomic E-state index is 12.9. The lowest BCUT2D eigenvalue weighted by Crippen LogP contribution is -2.30. The molecule has 7 heteroatoms. The number of ketones is 1. The van der Waals surface area contributed by atoms with Crippen LogP contribution in [0.1, 0.15) is 37.4 Å². The molecular weight excluding hydrogens is 406 g/mol. The van der Waals surface area contributed by atoms with Crippen molar-refractivity contribution in [2.24, 2.45) is 0 Å². The van der Waals surface area contributed by atoms with Crippen LogP contribution in [0.15, 0.2) is 48.0 Å². The van der Waals surface area contributed by atoms with Gasteiger partial charge in [-0.3, -0.25) is 9.59 Å². The highest BCUT2D eigenvalue weighted by atomic mass is 35.5. The molecule has 1 fully saturated rings. The number of methoxy groups -OCH3 is 1. The molecule has 1 saturated heterocycles. The van der Waals surface area contributed by atoms with Gasteiger partial charge in [0.1, 0.15) is 5.76 Å². The largest absolute Gasteiger partial charge is 0.507 e. The number of benzene rings is 2. The molecule has 2 aromatic rings. The van der Waals surface area contributed by atoms with Gasteiger partial charge in [-0.05, 0) is 55.3 Å². The molecule has 1 amide bonds. The molecule has 1 N–H and O–H groups in total. The molecule has 0 radical (unpaired) electrons. The van der Waals surface area contributed by atoms with Gasteiger partial charge in [0.25, 0.3) is 11.7 Å². The molecule has 1 aliphatic heterocycles. The Bertz CT molecular complexity index is 984. The lowest BCUT2D eigenvalue weighted by molar-refractivity contribution is -0.139. The van der Waals surface area contributed by atoms with Gasteiger partial charge in [0.15, 0.2) is 11.5 Å². The summed E-state index contributed by atoms with van der Waals surface area (Å²) in [6.07, 6.45) is 0.666. The van der Waals surface area contributed by atoms with Gasteiger partial charge in [0.2, 0.25) is 0 Å². The van der Waals surface area contributed by atoms with Crippen molar-refractivity contribution in [3.05, 3.63) is 64.2 Å². The molecule has 30 heavy (non-hydrogen) atoms. The van der Waals surface area contributed by atoms with E-state index in [1.807, 2.05) is 13.8 Å². The first-order valence-electron chi connectivity index (χ1n) is 9.78. The Balaban J connectivity index is 2.19. The zero-order valence-electron chi connectivity index (χ0n) is 17.1. The molecule has 0 spiro atoms.